The lowest BCUT2D eigenvalue weighted by molar-refractivity contribution is -0.180. The van der Waals surface area contributed by atoms with Gasteiger partial charge in [0.1, 0.15) is 0 Å². The molecule has 0 radical (unpaired) electrons. The lowest BCUT2D eigenvalue weighted by Crippen LogP contribution is -2.46. The minimum atomic E-state index is -4.16. The summed E-state index contributed by atoms with van der Waals surface area (Å²) in [5.41, 5.74) is -0.144. The number of nitrogens with one attached hydrogen (secondary N) is 1. The molecule has 8 nitrogen and oxygen atoms in total. The number of amides is 1. The van der Waals surface area contributed by atoms with Crippen LogP contribution >= 0.6 is 0 Å². The third-order valence-corrected chi connectivity index (χ3v) is 6.87. The molecule has 11 heteroatoms. The van der Waals surface area contributed by atoms with Crippen molar-refractivity contribution in [3.63, 3.8) is 0 Å². The van der Waals surface area contributed by atoms with E-state index < -0.39 is 24.0 Å². The number of hydrogen-bond acceptors (Lipinski definition) is 5. The number of nitrogens with zero attached hydrogens (tertiary/aromatic N) is 4. The van der Waals surface area contributed by atoms with Crippen LogP contribution in [0.1, 0.15) is 29.8 Å². The maximum Gasteiger partial charge on any atom is 0.393 e. The number of carboxylic acids is 1. The standard InChI is InChI=1S/C19H26F3N5O3/c20-19(21,22)14-10-23-9-13(14)11-25-6-2-18(12-25)3-7-26(8-4-18)17(30)27-5-1-15(24-27)16(28)29/h1,5,13-14,23H,2-4,6-12H2,(H,28,29). The zero-order valence-corrected chi connectivity index (χ0v) is 16.6. The number of piperidine rings is 1. The van der Waals surface area contributed by atoms with E-state index in [0.29, 0.717) is 26.2 Å². The Labute approximate surface area is 172 Å². The summed E-state index contributed by atoms with van der Waals surface area (Å²) in [6.07, 6.45) is -0.316. The van der Waals surface area contributed by atoms with Gasteiger partial charge in [0.05, 0.1) is 5.92 Å². The van der Waals surface area contributed by atoms with Crippen LogP contribution in [-0.2, 0) is 0 Å². The van der Waals surface area contributed by atoms with E-state index in [0.717, 1.165) is 37.0 Å². The first-order chi connectivity index (χ1) is 14.2. The van der Waals surface area contributed by atoms with Gasteiger partial charge in [-0.2, -0.15) is 23.0 Å². The van der Waals surface area contributed by atoms with Crippen molar-refractivity contribution >= 4 is 12.0 Å². The molecule has 0 aliphatic carbocycles. The van der Waals surface area contributed by atoms with Gasteiger partial charge in [-0.15, -0.1) is 0 Å². The van der Waals surface area contributed by atoms with Crippen molar-refractivity contribution in [1.82, 2.24) is 24.9 Å². The zero-order valence-electron chi connectivity index (χ0n) is 16.6. The number of aromatic nitrogens is 2. The largest absolute Gasteiger partial charge is 0.476 e. The van der Waals surface area contributed by atoms with Gasteiger partial charge in [-0.25, -0.2) is 9.59 Å². The van der Waals surface area contributed by atoms with E-state index in [1.807, 2.05) is 0 Å². The Balaban J connectivity index is 1.30. The molecular formula is C19H26F3N5O3. The van der Waals surface area contributed by atoms with Gasteiger partial charge in [0.2, 0.25) is 0 Å². The number of hydrogen-bond donors (Lipinski definition) is 2. The lowest BCUT2D eigenvalue weighted by Gasteiger charge is -2.39. The fourth-order valence-corrected chi connectivity index (χ4v) is 5.09. The summed E-state index contributed by atoms with van der Waals surface area (Å²) in [4.78, 5) is 27.3. The molecule has 2 atom stereocenters. The fourth-order valence-electron chi connectivity index (χ4n) is 5.09. The predicted molar refractivity (Wildman–Crippen MR) is 100 cm³/mol. The SMILES string of the molecule is O=C(O)c1ccn(C(=O)N2CCC3(CCN(CC4CNCC4C(F)(F)F)C3)CC2)n1. The Kier molecular flexibility index (Phi) is 5.52. The Hall–Kier alpha value is -2.14. The minimum absolute atomic E-state index is 0.00123. The van der Waals surface area contributed by atoms with Crippen molar-refractivity contribution in [2.24, 2.45) is 17.3 Å². The van der Waals surface area contributed by atoms with E-state index in [2.05, 4.69) is 15.3 Å². The van der Waals surface area contributed by atoms with Crippen LogP contribution in [0.15, 0.2) is 12.3 Å². The van der Waals surface area contributed by atoms with Crippen LogP contribution in [0.2, 0.25) is 0 Å². The molecule has 1 aromatic rings. The average molecular weight is 429 g/mol. The normalized spacial score (nSPS) is 27.1. The van der Waals surface area contributed by atoms with E-state index in [-0.39, 0.29) is 23.7 Å². The van der Waals surface area contributed by atoms with Gasteiger partial charge in [-0.3, -0.25) is 0 Å². The van der Waals surface area contributed by atoms with Crippen molar-refractivity contribution in [1.29, 1.82) is 0 Å². The molecule has 0 aromatic carbocycles. The van der Waals surface area contributed by atoms with Crippen LogP contribution in [0.5, 0.6) is 0 Å². The molecule has 1 amide bonds. The summed E-state index contributed by atoms with van der Waals surface area (Å²) in [5.74, 6) is -2.88. The van der Waals surface area contributed by atoms with Crippen molar-refractivity contribution in [2.75, 3.05) is 45.8 Å². The van der Waals surface area contributed by atoms with Gasteiger partial charge < -0.3 is 20.2 Å². The number of aromatic carboxylic acids is 1. The Bertz CT molecular complexity index is 804. The van der Waals surface area contributed by atoms with E-state index in [4.69, 9.17) is 5.11 Å². The number of likely N-dealkylation sites (tertiary alicyclic amines) is 2. The van der Waals surface area contributed by atoms with Gasteiger partial charge >= 0.3 is 18.2 Å². The van der Waals surface area contributed by atoms with E-state index in [1.165, 1.54) is 12.3 Å². The quantitative estimate of drug-likeness (QED) is 0.761. The van der Waals surface area contributed by atoms with Gasteiger partial charge in [0.25, 0.3) is 0 Å². The number of carboxylic acid groups (broad SMARTS) is 1. The predicted octanol–water partition coefficient (Wildman–Crippen LogP) is 1.74. The molecule has 1 aromatic heterocycles. The first-order valence-electron chi connectivity index (χ1n) is 10.2. The molecule has 4 heterocycles. The van der Waals surface area contributed by atoms with Gasteiger partial charge in [-0.1, -0.05) is 0 Å². The molecule has 2 N–H and O–H groups in total. The molecule has 4 rings (SSSR count). The molecule has 3 aliphatic heterocycles. The second kappa shape index (κ2) is 7.84. The first kappa shape index (κ1) is 21.1. The van der Waals surface area contributed by atoms with E-state index >= 15 is 0 Å². The van der Waals surface area contributed by atoms with Crippen molar-refractivity contribution in [3.05, 3.63) is 18.0 Å². The number of carbonyl (C=O) groups excluding carboxylic acids is 1. The Morgan fingerprint density at radius 3 is 2.53 bits per heavy atom. The zero-order chi connectivity index (χ0) is 21.5. The highest BCUT2D eigenvalue weighted by Crippen LogP contribution is 2.42. The van der Waals surface area contributed by atoms with E-state index in [9.17, 15) is 22.8 Å². The van der Waals surface area contributed by atoms with Crippen molar-refractivity contribution in [3.8, 4) is 0 Å². The Morgan fingerprint density at radius 2 is 1.90 bits per heavy atom. The number of rotatable bonds is 3. The third-order valence-electron chi connectivity index (χ3n) is 6.87. The highest BCUT2D eigenvalue weighted by Gasteiger charge is 2.49. The summed E-state index contributed by atoms with van der Waals surface area (Å²) < 4.78 is 40.7. The molecular weight excluding hydrogens is 403 g/mol. The number of carbonyl (C=O) groups is 2. The first-order valence-corrected chi connectivity index (χ1v) is 10.2. The second-order valence-electron chi connectivity index (χ2n) is 8.77. The second-order valence-corrected chi connectivity index (χ2v) is 8.77. The van der Waals surface area contributed by atoms with Crippen molar-refractivity contribution < 1.29 is 27.9 Å². The lowest BCUT2D eigenvalue weighted by atomic mass is 9.78. The van der Waals surface area contributed by atoms with Crippen LogP contribution in [0, 0.1) is 17.3 Å². The minimum Gasteiger partial charge on any atom is -0.476 e. The highest BCUT2D eigenvalue weighted by atomic mass is 19.4. The molecule has 30 heavy (non-hydrogen) atoms. The van der Waals surface area contributed by atoms with Crippen LogP contribution in [-0.4, -0.2) is 88.7 Å². The maximum absolute atomic E-state index is 13.2. The fraction of sp³-hybridized carbons (Fsp3) is 0.737. The topological polar surface area (TPSA) is 90.7 Å². The summed E-state index contributed by atoms with van der Waals surface area (Å²) in [7, 11) is 0. The number of alkyl halides is 3. The third kappa shape index (κ3) is 4.18. The molecule has 1 spiro atoms. The van der Waals surface area contributed by atoms with E-state index in [1.54, 1.807) is 4.90 Å². The molecule has 166 valence electrons. The summed E-state index contributed by atoms with van der Waals surface area (Å²) in [5, 5.41) is 15.6. The van der Waals surface area contributed by atoms with Crippen LogP contribution in [0.3, 0.4) is 0 Å². The van der Waals surface area contributed by atoms with Crippen LogP contribution < -0.4 is 5.32 Å². The average Bonchev–Trinajstić information content (AvgIpc) is 3.42. The smallest absolute Gasteiger partial charge is 0.393 e. The molecule has 2 unspecified atom stereocenters. The molecule has 0 saturated carbocycles. The molecule has 0 bridgehead atoms. The molecule has 3 saturated heterocycles. The van der Waals surface area contributed by atoms with Crippen LogP contribution in [0.25, 0.3) is 0 Å². The molecule has 3 fully saturated rings. The summed E-state index contributed by atoms with van der Waals surface area (Å²) in [6, 6.07) is 0.935. The maximum atomic E-state index is 13.2. The van der Waals surface area contributed by atoms with Crippen molar-refractivity contribution in [2.45, 2.75) is 25.4 Å². The monoisotopic (exact) mass is 429 g/mol. The highest BCUT2D eigenvalue weighted by molar-refractivity contribution is 5.86. The summed E-state index contributed by atoms with van der Waals surface area (Å²) >= 11 is 0. The number of halogens is 3. The summed E-state index contributed by atoms with van der Waals surface area (Å²) in [6.45, 7) is 3.47. The van der Waals surface area contributed by atoms with Crippen LogP contribution in [0.4, 0.5) is 18.0 Å². The van der Waals surface area contributed by atoms with Gasteiger partial charge in [0, 0.05) is 38.9 Å². The Morgan fingerprint density at radius 1 is 1.20 bits per heavy atom. The van der Waals surface area contributed by atoms with Gasteiger partial charge in [0.15, 0.2) is 5.69 Å². The molecule has 3 aliphatic rings. The van der Waals surface area contributed by atoms with Gasteiger partial charge in [-0.05, 0) is 49.8 Å².